The lowest BCUT2D eigenvalue weighted by atomic mass is 10.1. The minimum absolute atomic E-state index is 0.209. The zero-order valence-corrected chi connectivity index (χ0v) is 9.06. The first-order valence-electron chi connectivity index (χ1n) is 4.27. The van der Waals surface area contributed by atoms with E-state index < -0.39 is 14.8 Å². The summed E-state index contributed by atoms with van der Waals surface area (Å²) in [6, 6.07) is 3.47. The van der Waals surface area contributed by atoms with Crippen LogP contribution < -0.4 is 4.72 Å². The second kappa shape index (κ2) is 4.94. The molecule has 0 amide bonds. The fourth-order valence-electron chi connectivity index (χ4n) is 1.11. The van der Waals surface area contributed by atoms with Gasteiger partial charge in [0, 0.05) is 0 Å². The van der Waals surface area contributed by atoms with Crippen molar-refractivity contribution in [3.8, 4) is 12.1 Å². The van der Waals surface area contributed by atoms with Gasteiger partial charge in [0.25, 0.3) is 0 Å². The quantitative estimate of drug-likeness (QED) is 0.676. The van der Waals surface area contributed by atoms with Crippen molar-refractivity contribution in [2.45, 2.75) is 31.4 Å². The SMILES string of the molecule is CCC(C#N)(CC)S(=O)(=O)NCC#N. The zero-order valence-electron chi connectivity index (χ0n) is 8.24. The highest BCUT2D eigenvalue weighted by molar-refractivity contribution is 7.91. The van der Waals surface area contributed by atoms with E-state index in [1.807, 2.05) is 0 Å². The Hall–Kier alpha value is -1.11. The normalized spacial score (nSPS) is 11.7. The molecular formula is C8H13N3O2S. The Bertz CT molecular complexity index is 357. The summed E-state index contributed by atoms with van der Waals surface area (Å²) in [7, 11) is -3.73. The van der Waals surface area contributed by atoms with Crippen molar-refractivity contribution in [2.24, 2.45) is 0 Å². The van der Waals surface area contributed by atoms with Gasteiger partial charge in [-0.2, -0.15) is 15.2 Å². The van der Waals surface area contributed by atoms with Crippen LogP contribution in [0.2, 0.25) is 0 Å². The molecule has 0 aromatic carbocycles. The van der Waals surface area contributed by atoms with E-state index >= 15 is 0 Å². The van der Waals surface area contributed by atoms with Crippen LogP contribution in [-0.4, -0.2) is 19.7 Å². The summed E-state index contributed by atoms with van der Waals surface area (Å²) in [5.41, 5.74) is 0. The molecular weight excluding hydrogens is 202 g/mol. The van der Waals surface area contributed by atoms with E-state index in [1.54, 1.807) is 26.0 Å². The summed E-state index contributed by atoms with van der Waals surface area (Å²) in [5, 5.41) is 17.1. The van der Waals surface area contributed by atoms with Gasteiger partial charge in [-0.3, -0.25) is 0 Å². The molecule has 0 aromatic rings. The maximum absolute atomic E-state index is 11.6. The molecule has 0 aliphatic rings. The number of hydrogen-bond acceptors (Lipinski definition) is 4. The first kappa shape index (κ1) is 12.9. The van der Waals surface area contributed by atoms with Crippen LogP contribution in [-0.2, 0) is 10.0 Å². The lowest BCUT2D eigenvalue weighted by Crippen LogP contribution is -2.44. The van der Waals surface area contributed by atoms with E-state index in [1.165, 1.54) is 0 Å². The molecule has 0 saturated carbocycles. The largest absolute Gasteiger partial charge is 0.231 e. The van der Waals surface area contributed by atoms with E-state index in [4.69, 9.17) is 10.5 Å². The van der Waals surface area contributed by atoms with Gasteiger partial charge in [0.15, 0.2) is 4.75 Å². The average Bonchev–Trinajstić information content (AvgIpc) is 2.18. The van der Waals surface area contributed by atoms with Crippen molar-refractivity contribution >= 4 is 10.0 Å². The van der Waals surface area contributed by atoms with Crippen molar-refractivity contribution in [2.75, 3.05) is 6.54 Å². The van der Waals surface area contributed by atoms with Crippen LogP contribution in [0.1, 0.15) is 26.7 Å². The Balaban J connectivity index is 5.05. The second-order valence-electron chi connectivity index (χ2n) is 2.80. The molecule has 0 aliphatic carbocycles. The van der Waals surface area contributed by atoms with Crippen molar-refractivity contribution in [1.82, 2.24) is 4.72 Å². The molecule has 0 saturated heterocycles. The highest BCUT2D eigenvalue weighted by atomic mass is 32.2. The third kappa shape index (κ3) is 2.22. The molecule has 0 aliphatic heterocycles. The van der Waals surface area contributed by atoms with E-state index in [9.17, 15) is 8.42 Å². The average molecular weight is 215 g/mol. The number of nitrogens with one attached hydrogen (secondary N) is 1. The molecule has 1 N–H and O–H groups in total. The summed E-state index contributed by atoms with van der Waals surface area (Å²) in [5.74, 6) is 0. The number of sulfonamides is 1. The number of rotatable bonds is 5. The van der Waals surface area contributed by atoms with Crippen molar-refractivity contribution in [3.05, 3.63) is 0 Å². The Kier molecular flexibility index (Phi) is 4.55. The first-order valence-corrected chi connectivity index (χ1v) is 5.75. The summed E-state index contributed by atoms with van der Waals surface area (Å²) < 4.78 is 23.9. The van der Waals surface area contributed by atoms with Crippen LogP contribution >= 0.6 is 0 Å². The van der Waals surface area contributed by atoms with Gasteiger partial charge in [-0.05, 0) is 12.8 Å². The van der Waals surface area contributed by atoms with E-state index in [2.05, 4.69) is 4.72 Å². The zero-order chi connectivity index (χ0) is 11.2. The van der Waals surface area contributed by atoms with Gasteiger partial charge in [-0.1, -0.05) is 13.8 Å². The predicted octanol–water partition coefficient (Wildman–Crippen LogP) is 0.512. The Morgan fingerprint density at radius 1 is 1.29 bits per heavy atom. The molecule has 0 unspecified atom stereocenters. The lowest BCUT2D eigenvalue weighted by Gasteiger charge is -2.22. The van der Waals surface area contributed by atoms with Crippen LogP contribution in [0.25, 0.3) is 0 Å². The van der Waals surface area contributed by atoms with Crippen LogP contribution in [0.15, 0.2) is 0 Å². The van der Waals surface area contributed by atoms with Gasteiger partial charge >= 0.3 is 0 Å². The molecule has 0 rings (SSSR count). The minimum atomic E-state index is -3.73. The summed E-state index contributed by atoms with van der Waals surface area (Å²) >= 11 is 0. The number of nitriles is 2. The molecule has 0 heterocycles. The second-order valence-corrected chi connectivity index (χ2v) is 4.87. The molecule has 0 aromatic heterocycles. The van der Waals surface area contributed by atoms with Crippen LogP contribution in [0, 0.1) is 22.7 Å². The van der Waals surface area contributed by atoms with Crippen LogP contribution in [0.3, 0.4) is 0 Å². The Labute approximate surface area is 84.4 Å². The fraction of sp³-hybridized carbons (Fsp3) is 0.750. The smallest absolute Gasteiger partial charge is 0.211 e. The molecule has 0 radical (unpaired) electrons. The predicted molar refractivity (Wildman–Crippen MR) is 51.5 cm³/mol. The maximum Gasteiger partial charge on any atom is 0.231 e. The maximum atomic E-state index is 11.6. The number of hydrogen-bond donors (Lipinski definition) is 1. The highest BCUT2D eigenvalue weighted by Crippen LogP contribution is 2.23. The summed E-state index contributed by atoms with van der Waals surface area (Å²) in [6.45, 7) is 2.97. The number of nitrogens with zero attached hydrogens (tertiary/aromatic N) is 2. The Morgan fingerprint density at radius 3 is 2.07 bits per heavy atom. The van der Waals surface area contributed by atoms with Gasteiger partial charge in [-0.25, -0.2) is 8.42 Å². The minimum Gasteiger partial charge on any atom is -0.211 e. The topological polar surface area (TPSA) is 93.8 Å². The van der Waals surface area contributed by atoms with E-state index in [0.29, 0.717) is 0 Å². The molecule has 6 heteroatoms. The molecule has 78 valence electrons. The highest BCUT2D eigenvalue weighted by Gasteiger charge is 2.40. The molecule has 14 heavy (non-hydrogen) atoms. The van der Waals surface area contributed by atoms with Gasteiger partial charge in [0.1, 0.15) is 0 Å². The van der Waals surface area contributed by atoms with E-state index in [-0.39, 0.29) is 19.4 Å². The first-order chi connectivity index (χ1) is 6.49. The van der Waals surface area contributed by atoms with Crippen molar-refractivity contribution in [3.63, 3.8) is 0 Å². The molecule has 5 nitrogen and oxygen atoms in total. The fourth-order valence-corrected chi connectivity index (χ4v) is 2.52. The lowest BCUT2D eigenvalue weighted by molar-refractivity contribution is 0.529. The van der Waals surface area contributed by atoms with Crippen molar-refractivity contribution in [1.29, 1.82) is 10.5 Å². The molecule has 0 atom stereocenters. The van der Waals surface area contributed by atoms with Gasteiger partial charge in [0.2, 0.25) is 10.0 Å². The van der Waals surface area contributed by atoms with E-state index in [0.717, 1.165) is 0 Å². The Morgan fingerprint density at radius 2 is 1.79 bits per heavy atom. The monoisotopic (exact) mass is 215 g/mol. The molecule has 0 fully saturated rings. The van der Waals surface area contributed by atoms with Crippen LogP contribution in [0.5, 0.6) is 0 Å². The molecule has 0 bridgehead atoms. The third-order valence-corrected chi connectivity index (χ3v) is 4.42. The standard InChI is InChI=1S/C8H13N3O2S/c1-3-8(4-2,7-10)14(12,13)11-6-5-9/h11H,3-4,6H2,1-2H3. The summed E-state index contributed by atoms with van der Waals surface area (Å²) in [4.78, 5) is 0. The van der Waals surface area contributed by atoms with Crippen molar-refractivity contribution < 1.29 is 8.42 Å². The molecule has 0 spiro atoms. The van der Waals surface area contributed by atoms with Gasteiger partial charge < -0.3 is 0 Å². The van der Waals surface area contributed by atoms with Crippen LogP contribution in [0.4, 0.5) is 0 Å². The summed E-state index contributed by atoms with van der Waals surface area (Å²) in [6.07, 6.45) is 0.418. The van der Waals surface area contributed by atoms with Gasteiger partial charge in [0.05, 0.1) is 18.7 Å². The van der Waals surface area contributed by atoms with Gasteiger partial charge in [-0.15, -0.1) is 0 Å². The third-order valence-electron chi connectivity index (χ3n) is 2.20.